The molecule has 0 bridgehead atoms. The summed E-state index contributed by atoms with van der Waals surface area (Å²) in [7, 11) is -3.52. The van der Waals surface area contributed by atoms with Gasteiger partial charge in [-0.25, -0.2) is 13.1 Å². The van der Waals surface area contributed by atoms with Gasteiger partial charge in [0.05, 0.1) is 5.02 Å². The fourth-order valence-corrected chi connectivity index (χ4v) is 3.88. The Morgan fingerprint density at radius 1 is 1.50 bits per heavy atom. The van der Waals surface area contributed by atoms with E-state index < -0.39 is 10.0 Å². The van der Waals surface area contributed by atoms with Crippen molar-refractivity contribution >= 4 is 21.6 Å². The smallest absolute Gasteiger partial charge is 0.242 e. The van der Waals surface area contributed by atoms with Crippen LogP contribution in [0.3, 0.4) is 0 Å². The Kier molecular flexibility index (Phi) is 3.96. The molecule has 1 aromatic rings. The molecule has 0 saturated heterocycles. The van der Waals surface area contributed by atoms with Gasteiger partial charge in [-0.1, -0.05) is 31.0 Å². The fraction of sp³-hybridized carbons (Fsp3) is 0.500. The molecule has 0 spiro atoms. The molecule has 1 aromatic carbocycles. The van der Waals surface area contributed by atoms with E-state index in [0.29, 0.717) is 12.5 Å². The van der Waals surface area contributed by atoms with Crippen molar-refractivity contribution in [3.8, 4) is 0 Å². The summed E-state index contributed by atoms with van der Waals surface area (Å²) >= 11 is 5.99. The molecule has 1 saturated carbocycles. The number of sulfonamides is 1. The second kappa shape index (κ2) is 5.17. The lowest BCUT2D eigenvalue weighted by atomic mass is 10.2. The Balaban J connectivity index is 2.19. The summed E-state index contributed by atoms with van der Waals surface area (Å²) in [6.07, 6.45) is 1.90. The van der Waals surface area contributed by atoms with Gasteiger partial charge in [-0.2, -0.15) is 0 Å². The zero-order valence-corrected chi connectivity index (χ0v) is 11.8. The highest BCUT2D eigenvalue weighted by Crippen LogP contribution is 2.35. The molecule has 0 radical (unpaired) electrons. The standard InChI is InChI=1S/C12H17ClN2O2S/c1-2-9-6-11(9)15-18(16,17)12-4-3-8(7-14)5-10(12)13/h3-5,9,11,15H,2,6-7,14H2,1H3. The number of hydrogen-bond donors (Lipinski definition) is 2. The average molecular weight is 289 g/mol. The molecular formula is C12H17ClN2O2S. The minimum absolute atomic E-state index is 0.0604. The first-order chi connectivity index (χ1) is 8.47. The molecule has 0 amide bonds. The molecule has 1 aliphatic carbocycles. The van der Waals surface area contributed by atoms with Gasteiger partial charge < -0.3 is 5.73 Å². The quantitative estimate of drug-likeness (QED) is 0.869. The van der Waals surface area contributed by atoms with Gasteiger partial charge in [0.15, 0.2) is 0 Å². The third kappa shape index (κ3) is 2.85. The van der Waals surface area contributed by atoms with Crippen LogP contribution >= 0.6 is 11.6 Å². The molecule has 2 rings (SSSR count). The minimum atomic E-state index is -3.52. The highest BCUT2D eigenvalue weighted by atomic mass is 35.5. The molecule has 100 valence electrons. The van der Waals surface area contributed by atoms with E-state index in [1.807, 2.05) is 0 Å². The molecule has 0 aliphatic heterocycles. The summed E-state index contributed by atoms with van der Waals surface area (Å²) in [5.41, 5.74) is 6.30. The van der Waals surface area contributed by atoms with Gasteiger partial charge in [0.2, 0.25) is 10.0 Å². The van der Waals surface area contributed by atoms with E-state index in [1.165, 1.54) is 6.07 Å². The summed E-state index contributed by atoms with van der Waals surface area (Å²) in [5, 5.41) is 0.221. The summed E-state index contributed by atoms with van der Waals surface area (Å²) < 4.78 is 27.0. The van der Waals surface area contributed by atoms with Gasteiger partial charge in [0.1, 0.15) is 4.90 Å². The van der Waals surface area contributed by atoms with Gasteiger partial charge in [0, 0.05) is 12.6 Å². The topological polar surface area (TPSA) is 72.2 Å². The molecule has 2 atom stereocenters. The first-order valence-electron chi connectivity index (χ1n) is 5.98. The molecule has 4 nitrogen and oxygen atoms in total. The van der Waals surface area contributed by atoms with Crippen LogP contribution in [0.5, 0.6) is 0 Å². The van der Waals surface area contributed by atoms with Crippen molar-refractivity contribution in [2.24, 2.45) is 11.7 Å². The Labute approximate surface area is 113 Å². The van der Waals surface area contributed by atoms with E-state index in [4.69, 9.17) is 17.3 Å². The van der Waals surface area contributed by atoms with E-state index in [2.05, 4.69) is 11.6 Å². The lowest BCUT2D eigenvalue weighted by Crippen LogP contribution is -2.27. The first-order valence-corrected chi connectivity index (χ1v) is 7.85. The first kappa shape index (κ1) is 13.8. The van der Waals surface area contributed by atoms with E-state index in [9.17, 15) is 8.42 Å². The molecule has 18 heavy (non-hydrogen) atoms. The van der Waals surface area contributed by atoms with Crippen LogP contribution in [0.15, 0.2) is 23.1 Å². The van der Waals surface area contributed by atoms with Crippen molar-refractivity contribution in [3.63, 3.8) is 0 Å². The predicted octanol–water partition coefficient (Wildman–Crippen LogP) is 1.88. The van der Waals surface area contributed by atoms with Crippen LogP contribution in [0.25, 0.3) is 0 Å². The average Bonchev–Trinajstić information content (AvgIpc) is 3.06. The molecule has 3 N–H and O–H groups in total. The molecule has 6 heteroatoms. The van der Waals surface area contributed by atoms with Crippen LogP contribution in [0, 0.1) is 5.92 Å². The lowest BCUT2D eigenvalue weighted by molar-refractivity contribution is 0.576. The molecule has 0 aromatic heterocycles. The van der Waals surface area contributed by atoms with Crippen LogP contribution in [-0.4, -0.2) is 14.5 Å². The van der Waals surface area contributed by atoms with Gasteiger partial charge in [-0.15, -0.1) is 0 Å². The lowest BCUT2D eigenvalue weighted by Gasteiger charge is -2.09. The number of rotatable bonds is 5. The second-order valence-electron chi connectivity index (χ2n) is 4.60. The van der Waals surface area contributed by atoms with Gasteiger partial charge in [-0.05, 0) is 30.0 Å². The number of nitrogens with two attached hydrogens (primary N) is 1. The minimum Gasteiger partial charge on any atom is -0.326 e. The largest absolute Gasteiger partial charge is 0.326 e. The molecular weight excluding hydrogens is 272 g/mol. The monoisotopic (exact) mass is 288 g/mol. The zero-order chi connectivity index (χ0) is 13.3. The van der Waals surface area contributed by atoms with Gasteiger partial charge in [-0.3, -0.25) is 0 Å². The normalized spacial score (nSPS) is 23.1. The van der Waals surface area contributed by atoms with Gasteiger partial charge in [0.25, 0.3) is 0 Å². The van der Waals surface area contributed by atoms with Crippen LogP contribution in [-0.2, 0) is 16.6 Å². The third-order valence-corrected chi connectivity index (χ3v) is 5.25. The van der Waals surface area contributed by atoms with Crippen LogP contribution in [0.2, 0.25) is 5.02 Å². The summed E-state index contributed by atoms with van der Waals surface area (Å²) in [4.78, 5) is 0.128. The van der Waals surface area contributed by atoms with Crippen molar-refractivity contribution in [1.82, 2.24) is 4.72 Å². The molecule has 2 unspecified atom stereocenters. The highest BCUT2D eigenvalue weighted by molar-refractivity contribution is 7.89. The number of halogens is 1. The van der Waals surface area contributed by atoms with Gasteiger partial charge >= 0.3 is 0 Å². The van der Waals surface area contributed by atoms with Crippen molar-refractivity contribution in [3.05, 3.63) is 28.8 Å². The van der Waals surface area contributed by atoms with Crippen LogP contribution < -0.4 is 10.5 Å². The Bertz CT molecular complexity index is 545. The van der Waals surface area contributed by atoms with E-state index in [-0.39, 0.29) is 16.0 Å². The summed E-state index contributed by atoms with van der Waals surface area (Å²) in [6, 6.07) is 4.85. The molecule has 0 heterocycles. The summed E-state index contributed by atoms with van der Waals surface area (Å²) in [6.45, 7) is 2.40. The van der Waals surface area contributed by atoms with Crippen molar-refractivity contribution in [2.75, 3.05) is 0 Å². The summed E-state index contributed by atoms with van der Waals surface area (Å²) in [5.74, 6) is 0.460. The highest BCUT2D eigenvalue weighted by Gasteiger charge is 2.39. The van der Waals surface area contributed by atoms with Crippen molar-refractivity contribution in [2.45, 2.75) is 37.2 Å². The molecule has 1 fully saturated rings. The number of hydrogen-bond acceptors (Lipinski definition) is 3. The van der Waals surface area contributed by atoms with Crippen LogP contribution in [0.1, 0.15) is 25.3 Å². The zero-order valence-electron chi connectivity index (χ0n) is 10.2. The Morgan fingerprint density at radius 3 is 2.72 bits per heavy atom. The maximum absolute atomic E-state index is 12.1. The second-order valence-corrected chi connectivity index (χ2v) is 6.69. The maximum Gasteiger partial charge on any atom is 0.242 e. The maximum atomic E-state index is 12.1. The van der Waals surface area contributed by atoms with Crippen LogP contribution in [0.4, 0.5) is 0 Å². The molecule has 1 aliphatic rings. The number of benzene rings is 1. The van der Waals surface area contributed by atoms with Crippen molar-refractivity contribution < 1.29 is 8.42 Å². The fourth-order valence-electron chi connectivity index (χ4n) is 2.00. The van der Waals surface area contributed by atoms with E-state index in [0.717, 1.165) is 18.4 Å². The Morgan fingerprint density at radius 2 is 2.22 bits per heavy atom. The SMILES string of the molecule is CCC1CC1NS(=O)(=O)c1ccc(CN)cc1Cl. The van der Waals surface area contributed by atoms with E-state index in [1.54, 1.807) is 12.1 Å². The van der Waals surface area contributed by atoms with E-state index >= 15 is 0 Å². The van der Waals surface area contributed by atoms with Crippen molar-refractivity contribution in [1.29, 1.82) is 0 Å². The third-order valence-electron chi connectivity index (χ3n) is 3.28. The number of nitrogens with one attached hydrogen (secondary N) is 1. The predicted molar refractivity (Wildman–Crippen MR) is 71.9 cm³/mol. The Hall–Kier alpha value is -0.620.